The summed E-state index contributed by atoms with van der Waals surface area (Å²) in [5.41, 5.74) is 3.44. The van der Waals surface area contributed by atoms with Crippen molar-refractivity contribution in [1.82, 2.24) is 0 Å². The number of anilines is 1. The highest BCUT2D eigenvalue weighted by Gasteiger charge is 2.28. The van der Waals surface area contributed by atoms with Crippen LogP contribution in [0.3, 0.4) is 0 Å². The Bertz CT molecular complexity index is 829. The van der Waals surface area contributed by atoms with E-state index in [0.29, 0.717) is 30.2 Å². The molecule has 138 valence electrons. The molecule has 2 aromatic carbocycles. The summed E-state index contributed by atoms with van der Waals surface area (Å²) < 4.78 is 11.6. The van der Waals surface area contributed by atoms with Crippen molar-refractivity contribution in [3.05, 3.63) is 47.0 Å². The number of aryl methyl sites for hydroxylation is 1. The Hall–Kier alpha value is -2.69. The lowest BCUT2D eigenvalue weighted by atomic mass is 9.84. The summed E-state index contributed by atoms with van der Waals surface area (Å²) in [6.07, 6.45) is 0.402. The smallest absolute Gasteiger partial charge is 0.225 e. The second-order valence-electron chi connectivity index (χ2n) is 6.84. The molecule has 1 heterocycles. The van der Waals surface area contributed by atoms with Gasteiger partial charge in [-0.1, -0.05) is 6.07 Å². The van der Waals surface area contributed by atoms with Gasteiger partial charge in [-0.3, -0.25) is 4.79 Å². The molecule has 3 rings (SSSR count). The van der Waals surface area contributed by atoms with Crippen LogP contribution in [0, 0.1) is 6.92 Å². The van der Waals surface area contributed by atoms with E-state index in [2.05, 4.69) is 5.32 Å². The van der Waals surface area contributed by atoms with Crippen molar-refractivity contribution in [3.8, 4) is 17.2 Å². The van der Waals surface area contributed by atoms with E-state index in [1.807, 2.05) is 52.0 Å². The minimum absolute atomic E-state index is 0.0480. The largest absolute Gasteiger partial charge is 0.508 e. The van der Waals surface area contributed by atoms with Crippen LogP contribution in [0.4, 0.5) is 5.69 Å². The molecule has 1 aliphatic heterocycles. The number of hydrogen-bond donors (Lipinski definition) is 2. The molecule has 1 unspecified atom stereocenters. The van der Waals surface area contributed by atoms with Crippen LogP contribution in [0.15, 0.2) is 30.3 Å². The average molecular weight is 355 g/mol. The van der Waals surface area contributed by atoms with Crippen LogP contribution >= 0.6 is 0 Å². The summed E-state index contributed by atoms with van der Waals surface area (Å²) in [5, 5.41) is 12.8. The molecule has 0 saturated carbocycles. The standard InChI is InChI=1S/C21H25NO4/c1-5-25-20-9-14(6-7-19(20)26-12(2)3)15-10-21(24)22-17-11-18(23)13(4)8-16(15)17/h6-9,11-12,15,23H,5,10H2,1-4H3,(H,22,24). The van der Waals surface area contributed by atoms with Crippen LogP contribution in [0.25, 0.3) is 0 Å². The first-order valence-corrected chi connectivity index (χ1v) is 8.95. The van der Waals surface area contributed by atoms with Gasteiger partial charge < -0.3 is 19.9 Å². The molecule has 2 N–H and O–H groups in total. The van der Waals surface area contributed by atoms with E-state index in [1.54, 1.807) is 6.07 Å². The molecule has 26 heavy (non-hydrogen) atoms. The number of carbonyl (C=O) groups excluding carboxylic acids is 1. The number of ether oxygens (including phenoxy) is 2. The first-order chi connectivity index (χ1) is 12.4. The maximum absolute atomic E-state index is 12.2. The summed E-state index contributed by atoms with van der Waals surface area (Å²) >= 11 is 0. The van der Waals surface area contributed by atoms with Gasteiger partial charge in [-0.15, -0.1) is 0 Å². The van der Waals surface area contributed by atoms with Crippen LogP contribution < -0.4 is 14.8 Å². The number of amides is 1. The van der Waals surface area contributed by atoms with E-state index in [9.17, 15) is 9.90 Å². The molecule has 5 nitrogen and oxygen atoms in total. The van der Waals surface area contributed by atoms with Gasteiger partial charge in [0.15, 0.2) is 11.5 Å². The second kappa shape index (κ2) is 7.28. The van der Waals surface area contributed by atoms with Gasteiger partial charge in [-0.25, -0.2) is 0 Å². The van der Waals surface area contributed by atoms with E-state index in [0.717, 1.165) is 16.7 Å². The lowest BCUT2D eigenvalue weighted by Gasteiger charge is -2.27. The Balaban J connectivity index is 2.05. The van der Waals surface area contributed by atoms with Crippen LogP contribution in [0.2, 0.25) is 0 Å². The third-order valence-electron chi connectivity index (χ3n) is 4.44. The van der Waals surface area contributed by atoms with Gasteiger partial charge in [0.2, 0.25) is 5.91 Å². The van der Waals surface area contributed by atoms with Gasteiger partial charge in [0.1, 0.15) is 5.75 Å². The molecular formula is C21H25NO4. The first kappa shape index (κ1) is 18.1. The van der Waals surface area contributed by atoms with Crippen molar-refractivity contribution in [2.45, 2.75) is 46.1 Å². The van der Waals surface area contributed by atoms with Crippen molar-refractivity contribution in [1.29, 1.82) is 0 Å². The number of phenolic OH excluding ortho intramolecular Hbond substituents is 1. The summed E-state index contributed by atoms with van der Waals surface area (Å²) in [7, 11) is 0. The van der Waals surface area contributed by atoms with Crippen molar-refractivity contribution in [2.24, 2.45) is 0 Å². The van der Waals surface area contributed by atoms with E-state index in [-0.39, 0.29) is 23.7 Å². The van der Waals surface area contributed by atoms with Crippen LogP contribution in [0.1, 0.15) is 49.8 Å². The van der Waals surface area contributed by atoms with Gasteiger partial charge in [0.05, 0.1) is 12.7 Å². The molecule has 0 aromatic heterocycles. The quantitative estimate of drug-likeness (QED) is 0.836. The fourth-order valence-corrected chi connectivity index (χ4v) is 3.27. The van der Waals surface area contributed by atoms with E-state index in [4.69, 9.17) is 9.47 Å². The molecule has 1 aliphatic rings. The molecule has 0 bridgehead atoms. The summed E-state index contributed by atoms with van der Waals surface area (Å²) in [5.74, 6) is 1.41. The van der Waals surface area contributed by atoms with Crippen molar-refractivity contribution in [3.63, 3.8) is 0 Å². The average Bonchev–Trinajstić information content (AvgIpc) is 2.57. The second-order valence-corrected chi connectivity index (χ2v) is 6.84. The Morgan fingerprint density at radius 1 is 1.23 bits per heavy atom. The molecular weight excluding hydrogens is 330 g/mol. The molecule has 0 fully saturated rings. The van der Waals surface area contributed by atoms with Gasteiger partial charge >= 0.3 is 0 Å². The zero-order chi connectivity index (χ0) is 18.8. The fourth-order valence-electron chi connectivity index (χ4n) is 3.27. The maximum Gasteiger partial charge on any atom is 0.225 e. The minimum atomic E-state index is -0.0923. The third-order valence-corrected chi connectivity index (χ3v) is 4.44. The van der Waals surface area contributed by atoms with Gasteiger partial charge in [0, 0.05) is 24.1 Å². The molecule has 5 heteroatoms. The highest BCUT2D eigenvalue weighted by atomic mass is 16.5. The minimum Gasteiger partial charge on any atom is -0.508 e. The lowest BCUT2D eigenvalue weighted by Crippen LogP contribution is -2.23. The number of aromatic hydroxyl groups is 1. The SMILES string of the molecule is CCOc1cc(C2CC(=O)Nc3cc(O)c(C)cc32)ccc1OC(C)C. The molecule has 0 radical (unpaired) electrons. The first-order valence-electron chi connectivity index (χ1n) is 8.95. The predicted octanol–water partition coefficient (Wildman–Crippen LogP) is 4.36. The third kappa shape index (κ3) is 3.62. The zero-order valence-electron chi connectivity index (χ0n) is 15.6. The fraction of sp³-hybridized carbons (Fsp3) is 0.381. The normalized spacial score (nSPS) is 16.2. The molecule has 1 atom stereocenters. The Labute approximate surface area is 153 Å². The Kier molecular flexibility index (Phi) is 5.07. The Morgan fingerprint density at radius 3 is 2.69 bits per heavy atom. The predicted molar refractivity (Wildman–Crippen MR) is 101 cm³/mol. The molecule has 0 aliphatic carbocycles. The van der Waals surface area contributed by atoms with Crippen molar-refractivity contribution in [2.75, 3.05) is 11.9 Å². The van der Waals surface area contributed by atoms with Gasteiger partial charge in [0.25, 0.3) is 0 Å². The van der Waals surface area contributed by atoms with Gasteiger partial charge in [-0.05, 0) is 62.6 Å². The summed E-state index contributed by atoms with van der Waals surface area (Å²) in [6, 6.07) is 9.40. The van der Waals surface area contributed by atoms with Crippen molar-refractivity contribution >= 4 is 11.6 Å². The molecule has 0 saturated heterocycles. The van der Waals surface area contributed by atoms with E-state index < -0.39 is 0 Å². The van der Waals surface area contributed by atoms with Crippen LogP contribution in [-0.4, -0.2) is 23.7 Å². The molecule has 1 amide bonds. The summed E-state index contributed by atoms with van der Waals surface area (Å²) in [4.78, 5) is 12.2. The topological polar surface area (TPSA) is 67.8 Å². The van der Waals surface area contributed by atoms with Crippen LogP contribution in [-0.2, 0) is 4.79 Å². The number of rotatable bonds is 5. The monoisotopic (exact) mass is 355 g/mol. The number of nitrogens with one attached hydrogen (secondary N) is 1. The van der Waals surface area contributed by atoms with E-state index >= 15 is 0 Å². The zero-order valence-corrected chi connectivity index (χ0v) is 15.6. The lowest BCUT2D eigenvalue weighted by molar-refractivity contribution is -0.116. The highest BCUT2D eigenvalue weighted by Crippen LogP contribution is 2.42. The van der Waals surface area contributed by atoms with Crippen molar-refractivity contribution < 1.29 is 19.4 Å². The molecule has 0 spiro atoms. The number of fused-ring (bicyclic) bond motifs is 1. The van der Waals surface area contributed by atoms with E-state index in [1.165, 1.54) is 0 Å². The van der Waals surface area contributed by atoms with Gasteiger partial charge in [-0.2, -0.15) is 0 Å². The van der Waals surface area contributed by atoms with Crippen LogP contribution in [0.5, 0.6) is 17.2 Å². The highest BCUT2D eigenvalue weighted by molar-refractivity contribution is 5.95. The number of phenols is 1. The number of benzene rings is 2. The number of carbonyl (C=O) groups is 1. The maximum atomic E-state index is 12.2. The summed E-state index contributed by atoms with van der Waals surface area (Å²) in [6.45, 7) is 8.27. The number of hydrogen-bond acceptors (Lipinski definition) is 4. The Morgan fingerprint density at radius 2 is 2.00 bits per heavy atom. The molecule has 2 aromatic rings.